The van der Waals surface area contributed by atoms with E-state index in [4.69, 9.17) is 4.74 Å². The molecule has 0 spiro atoms. The van der Waals surface area contributed by atoms with Crippen molar-refractivity contribution in [3.05, 3.63) is 58.7 Å². The van der Waals surface area contributed by atoms with E-state index in [0.717, 1.165) is 16.0 Å². The van der Waals surface area contributed by atoms with Crippen LogP contribution in [-0.2, 0) is 32.5 Å². The first-order valence-electron chi connectivity index (χ1n) is 10.2. The fourth-order valence-corrected chi connectivity index (χ4v) is 4.88. The Morgan fingerprint density at radius 1 is 1.09 bits per heavy atom. The van der Waals surface area contributed by atoms with Gasteiger partial charge in [-0.3, -0.25) is 9.62 Å². The van der Waals surface area contributed by atoms with Crippen LogP contribution in [0.1, 0.15) is 43.0 Å². The highest BCUT2D eigenvalue weighted by Gasteiger charge is 2.37. The van der Waals surface area contributed by atoms with Crippen LogP contribution in [-0.4, -0.2) is 42.1 Å². The Bertz CT molecular complexity index is 1150. The van der Waals surface area contributed by atoms with Gasteiger partial charge in [-0.1, -0.05) is 24.3 Å². The Labute approximate surface area is 188 Å². The normalized spacial score (nSPS) is 16.3. The number of amides is 1. The number of nitrogens with one attached hydrogen (secondary N) is 1. The minimum atomic E-state index is -3.89. The van der Waals surface area contributed by atoms with Gasteiger partial charge in [0.1, 0.15) is 11.6 Å². The molecule has 1 aliphatic rings. The molecule has 3 rings (SSSR count). The number of carboxylic acids is 1. The molecule has 0 bridgehead atoms. The SMILES string of the molecule is Cc1cccc(C)c1NS(=O)(=O)c1ccc2c(c1)CN(C(=O)OC(C)(C)C)[C@H](C(=O)O)C2. The van der Waals surface area contributed by atoms with Crippen LogP contribution in [0.4, 0.5) is 10.5 Å². The zero-order chi connectivity index (χ0) is 23.8. The van der Waals surface area contributed by atoms with Gasteiger partial charge in [-0.2, -0.15) is 0 Å². The smallest absolute Gasteiger partial charge is 0.411 e. The predicted octanol–water partition coefficient (Wildman–Crippen LogP) is 3.85. The Morgan fingerprint density at radius 3 is 2.28 bits per heavy atom. The van der Waals surface area contributed by atoms with Gasteiger partial charge in [0, 0.05) is 6.42 Å². The molecular formula is C23H28N2O6S. The van der Waals surface area contributed by atoms with E-state index in [2.05, 4.69) is 4.72 Å². The standard InChI is InChI=1S/C23H28N2O6S/c1-14-7-6-8-15(2)20(14)24-32(29,30)18-10-9-16-12-19(21(26)27)25(13-17(16)11-18)22(28)31-23(3,4)5/h6-11,19,24H,12-13H2,1-5H3,(H,26,27)/t19-/m0/s1. The Kier molecular flexibility index (Phi) is 6.24. The van der Waals surface area contributed by atoms with Crippen molar-refractivity contribution in [3.63, 3.8) is 0 Å². The number of aliphatic carboxylic acids is 1. The van der Waals surface area contributed by atoms with Crippen LogP contribution in [0.25, 0.3) is 0 Å². The van der Waals surface area contributed by atoms with E-state index in [1.54, 1.807) is 26.8 Å². The summed E-state index contributed by atoms with van der Waals surface area (Å²) >= 11 is 0. The summed E-state index contributed by atoms with van der Waals surface area (Å²) < 4.78 is 34.1. The molecule has 2 aromatic carbocycles. The lowest BCUT2D eigenvalue weighted by atomic mass is 9.94. The van der Waals surface area contributed by atoms with Gasteiger partial charge >= 0.3 is 12.1 Å². The van der Waals surface area contributed by atoms with E-state index in [1.165, 1.54) is 12.1 Å². The third kappa shape index (κ3) is 5.04. The van der Waals surface area contributed by atoms with Crippen LogP contribution in [0.2, 0.25) is 0 Å². The van der Waals surface area contributed by atoms with E-state index in [9.17, 15) is 23.1 Å². The van der Waals surface area contributed by atoms with Crippen molar-refractivity contribution in [1.29, 1.82) is 0 Å². The Morgan fingerprint density at radius 2 is 1.72 bits per heavy atom. The lowest BCUT2D eigenvalue weighted by molar-refractivity contribution is -0.143. The molecular weight excluding hydrogens is 432 g/mol. The third-order valence-corrected chi connectivity index (χ3v) is 6.60. The summed E-state index contributed by atoms with van der Waals surface area (Å²) in [6.07, 6.45) is -0.688. The second kappa shape index (κ2) is 8.46. The maximum absolute atomic E-state index is 13.1. The summed E-state index contributed by atoms with van der Waals surface area (Å²) in [5, 5.41) is 9.63. The highest BCUT2D eigenvalue weighted by molar-refractivity contribution is 7.92. The van der Waals surface area contributed by atoms with Crippen LogP contribution in [0, 0.1) is 13.8 Å². The van der Waals surface area contributed by atoms with Crippen LogP contribution >= 0.6 is 0 Å². The summed E-state index contributed by atoms with van der Waals surface area (Å²) in [5.41, 5.74) is 2.58. The van der Waals surface area contributed by atoms with Crippen LogP contribution in [0.3, 0.4) is 0 Å². The molecule has 0 saturated heterocycles. The van der Waals surface area contributed by atoms with E-state index in [-0.39, 0.29) is 17.9 Å². The Hall–Kier alpha value is -3.07. The van der Waals surface area contributed by atoms with Gasteiger partial charge in [-0.15, -0.1) is 0 Å². The summed E-state index contributed by atoms with van der Waals surface area (Å²) in [7, 11) is -3.89. The predicted molar refractivity (Wildman–Crippen MR) is 120 cm³/mol. The average Bonchev–Trinajstić information content (AvgIpc) is 2.68. The number of rotatable bonds is 4. The average molecular weight is 461 g/mol. The topological polar surface area (TPSA) is 113 Å². The molecule has 0 saturated carbocycles. The van der Waals surface area contributed by atoms with Gasteiger partial charge in [0.2, 0.25) is 0 Å². The number of carbonyl (C=O) groups is 2. The van der Waals surface area contributed by atoms with E-state index in [1.807, 2.05) is 32.0 Å². The highest BCUT2D eigenvalue weighted by atomic mass is 32.2. The lowest BCUT2D eigenvalue weighted by Crippen LogP contribution is -2.50. The number of ether oxygens (including phenoxy) is 1. The van der Waals surface area contributed by atoms with E-state index in [0.29, 0.717) is 16.8 Å². The Balaban J connectivity index is 1.94. The molecule has 1 amide bonds. The zero-order valence-corrected chi connectivity index (χ0v) is 19.6. The second-order valence-electron chi connectivity index (χ2n) is 8.97. The quantitative estimate of drug-likeness (QED) is 0.717. The number of nitrogens with zero attached hydrogens (tertiary/aromatic N) is 1. The first-order valence-corrected chi connectivity index (χ1v) is 11.7. The first-order chi connectivity index (χ1) is 14.8. The minimum Gasteiger partial charge on any atom is -0.480 e. The molecule has 172 valence electrons. The molecule has 1 aliphatic heterocycles. The monoisotopic (exact) mass is 460 g/mol. The molecule has 0 aliphatic carbocycles. The van der Waals surface area contributed by atoms with Crippen molar-refractivity contribution in [3.8, 4) is 0 Å². The van der Waals surface area contributed by atoms with Crippen molar-refractivity contribution in [2.75, 3.05) is 4.72 Å². The van der Waals surface area contributed by atoms with Crippen molar-refractivity contribution >= 4 is 27.8 Å². The number of sulfonamides is 1. The third-order valence-electron chi connectivity index (χ3n) is 5.25. The van der Waals surface area contributed by atoms with Crippen LogP contribution in [0.15, 0.2) is 41.3 Å². The van der Waals surface area contributed by atoms with Crippen molar-refractivity contribution < 1.29 is 27.9 Å². The molecule has 0 radical (unpaired) electrons. The number of hydrogen-bond donors (Lipinski definition) is 2. The van der Waals surface area contributed by atoms with Gasteiger partial charge < -0.3 is 9.84 Å². The van der Waals surface area contributed by atoms with E-state index >= 15 is 0 Å². The lowest BCUT2D eigenvalue weighted by Gasteiger charge is -2.35. The molecule has 9 heteroatoms. The van der Waals surface area contributed by atoms with Crippen LogP contribution < -0.4 is 4.72 Å². The van der Waals surface area contributed by atoms with Gasteiger partial charge in [0.15, 0.2) is 0 Å². The molecule has 0 fully saturated rings. The second-order valence-corrected chi connectivity index (χ2v) is 10.7. The fraction of sp³-hybridized carbons (Fsp3) is 0.391. The van der Waals surface area contributed by atoms with Crippen molar-refractivity contribution in [2.45, 2.75) is 64.1 Å². The molecule has 1 atom stereocenters. The summed E-state index contributed by atoms with van der Waals surface area (Å²) in [5.74, 6) is -1.14. The van der Waals surface area contributed by atoms with Gasteiger partial charge in [-0.05, 0) is 69.0 Å². The first kappa shape index (κ1) is 23.6. The summed E-state index contributed by atoms with van der Waals surface area (Å²) in [6.45, 7) is 8.67. The zero-order valence-electron chi connectivity index (χ0n) is 18.8. The maximum Gasteiger partial charge on any atom is 0.411 e. The molecule has 32 heavy (non-hydrogen) atoms. The van der Waals surface area contributed by atoms with Gasteiger partial charge in [0.25, 0.3) is 10.0 Å². The van der Waals surface area contributed by atoms with Gasteiger partial charge in [-0.25, -0.2) is 18.0 Å². The van der Waals surface area contributed by atoms with E-state index < -0.39 is 33.7 Å². The highest BCUT2D eigenvalue weighted by Crippen LogP contribution is 2.29. The number of aryl methyl sites for hydroxylation is 2. The molecule has 0 aromatic heterocycles. The van der Waals surface area contributed by atoms with Gasteiger partial charge in [0.05, 0.1) is 17.1 Å². The molecule has 2 N–H and O–H groups in total. The molecule has 8 nitrogen and oxygen atoms in total. The summed E-state index contributed by atoms with van der Waals surface area (Å²) in [4.78, 5) is 25.6. The van der Waals surface area contributed by atoms with Crippen molar-refractivity contribution in [2.24, 2.45) is 0 Å². The van der Waals surface area contributed by atoms with Crippen LogP contribution in [0.5, 0.6) is 0 Å². The van der Waals surface area contributed by atoms with Crippen molar-refractivity contribution in [1.82, 2.24) is 4.90 Å². The number of para-hydroxylation sites is 1. The number of fused-ring (bicyclic) bond motifs is 1. The number of hydrogen-bond acceptors (Lipinski definition) is 5. The maximum atomic E-state index is 13.1. The molecule has 1 heterocycles. The number of benzene rings is 2. The fourth-order valence-electron chi connectivity index (χ4n) is 3.63. The largest absolute Gasteiger partial charge is 0.480 e. The number of anilines is 1. The summed E-state index contributed by atoms with van der Waals surface area (Å²) in [6, 6.07) is 8.96. The molecule has 2 aromatic rings. The number of carboxylic acid groups (broad SMARTS) is 1. The number of carbonyl (C=O) groups excluding carboxylic acids is 1. The minimum absolute atomic E-state index is 0.0387. The molecule has 0 unspecified atom stereocenters.